The monoisotopic (exact) mass is 416 g/mol. The molecule has 144 valence electrons. The molecule has 0 saturated carbocycles. The number of hydrogen-bond donors (Lipinski definition) is 2. The highest BCUT2D eigenvalue weighted by atomic mass is 35.5. The number of halogens is 2. The van der Waals surface area contributed by atoms with Crippen LogP contribution < -0.4 is 5.32 Å². The van der Waals surface area contributed by atoms with E-state index in [2.05, 4.69) is 10.3 Å². The number of rotatable bonds is 4. The van der Waals surface area contributed by atoms with Gasteiger partial charge in [0.1, 0.15) is 0 Å². The number of aromatic amines is 1. The van der Waals surface area contributed by atoms with Gasteiger partial charge < -0.3 is 15.0 Å². The van der Waals surface area contributed by atoms with Crippen LogP contribution in [-0.2, 0) is 22.4 Å². The second-order valence-corrected chi connectivity index (χ2v) is 7.98. The van der Waals surface area contributed by atoms with Crippen molar-refractivity contribution in [3.63, 3.8) is 0 Å². The Morgan fingerprint density at radius 1 is 1.21 bits per heavy atom. The number of cyclic esters (lactones) is 1. The zero-order valence-corrected chi connectivity index (χ0v) is 16.7. The maximum absolute atomic E-state index is 12.8. The molecule has 3 aromatic rings. The van der Waals surface area contributed by atoms with Gasteiger partial charge in [0.2, 0.25) is 0 Å². The molecule has 2 N–H and O–H groups in total. The summed E-state index contributed by atoms with van der Waals surface area (Å²) in [5.41, 5.74) is 1.95. The number of carbonyl (C=O) groups is 2. The largest absolute Gasteiger partial charge is 0.445 e. The average molecular weight is 417 g/mol. The van der Waals surface area contributed by atoms with Crippen molar-refractivity contribution in [2.45, 2.75) is 25.4 Å². The smallest absolute Gasteiger partial charge is 0.339 e. The number of benzene rings is 2. The van der Waals surface area contributed by atoms with E-state index >= 15 is 0 Å². The van der Waals surface area contributed by atoms with Crippen LogP contribution in [0.3, 0.4) is 0 Å². The van der Waals surface area contributed by atoms with Gasteiger partial charge >= 0.3 is 5.97 Å². The molecule has 1 amide bonds. The average Bonchev–Trinajstić information content (AvgIpc) is 3.03. The van der Waals surface area contributed by atoms with E-state index in [0.29, 0.717) is 34.1 Å². The number of amides is 1. The molecule has 2 aromatic carbocycles. The van der Waals surface area contributed by atoms with Crippen LogP contribution >= 0.6 is 23.2 Å². The topological polar surface area (TPSA) is 71.2 Å². The molecule has 1 aromatic heterocycles. The molecule has 0 radical (unpaired) electrons. The van der Waals surface area contributed by atoms with Crippen LogP contribution in [0.15, 0.2) is 42.6 Å². The van der Waals surface area contributed by atoms with Gasteiger partial charge in [-0.15, -0.1) is 0 Å². The Bertz CT molecular complexity index is 1090. The number of ether oxygens (including phenoxy) is 1. The summed E-state index contributed by atoms with van der Waals surface area (Å²) in [5, 5.41) is 5.09. The maximum atomic E-state index is 12.8. The van der Waals surface area contributed by atoms with Crippen molar-refractivity contribution in [2.24, 2.45) is 0 Å². The van der Waals surface area contributed by atoms with Crippen LogP contribution in [-0.4, -0.2) is 29.0 Å². The third-order valence-corrected chi connectivity index (χ3v) is 5.49. The van der Waals surface area contributed by atoms with E-state index in [1.165, 1.54) is 0 Å². The van der Waals surface area contributed by atoms with E-state index in [4.69, 9.17) is 27.9 Å². The second-order valence-electron chi connectivity index (χ2n) is 7.11. The van der Waals surface area contributed by atoms with Crippen molar-refractivity contribution in [1.29, 1.82) is 0 Å². The predicted octanol–water partition coefficient (Wildman–Crippen LogP) is 4.31. The fourth-order valence-corrected chi connectivity index (χ4v) is 3.92. The summed E-state index contributed by atoms with van der Waals surface area (Å²) in [6.45, 7) is 2.03. The lowest BCUT2D eigenvalue weighted by Gasteiger charge is -2.33. The summed E-state index contributed by atoms with van der Waals surface area (Å²) in [6, 6.07) is 10.6. The van der Waals surface area contributed by atoms with Crippen LogP contribution in [0.4, 0.5) is 0 Å². The lowest BCUT2D eigenvalue weighted by atomic mass is 9.89. The normalized spacial score (nSPS) is 18.6. The highest BCUT2D eigenvalue weighted by Crippen LogP contribution is 2.30. The Morgan fingerprint density at radius 2 is 1.96 bits per heavy atom. The SMILES string of the molecule is CC1(C(=O)NCCc2c[nH]c3ccc(Cl)cc23)Cc2cc(Cl)ccc2C(=O)O1. The molecule has 4 rings (SSSR count). The van der Waals surface area contributed by atoms with E-state index in [1.54, 1.807) is 25.1 Å². The van der Waals surface area contributed by atoms with Crippen molar-refractivity contribution >= 4 is 46.0 Å². The summed E-state index contributed by atoms with van der Waals surface area (Å²) in [5.74, 6) is -0.841. The fourth-order valence-electron chi connectivity index (χ4n) is 3.55. The maximum Gasteiger partial charge on any atom is 0.339 e. The lowest BCUT2D eigenvalue weighted by molar-refractivity contribution is -0.139. The summed E-state index contributed by atoms with van der Waals surface area (Å²) >= 11 is 12.1. The van der Waals surface area contributed by atoms with Gasteiger partial charge in [0.25, 0.3) is 5.91 Å². The Balaban J connectivity index is 1.45. The first-order valence-electron chi connectivity index (χ1n) is 8.91. The standard InChI is InChI=1S/C21H18Cl2N2O3/c1-21(10-13-8-14(22)2-4-16(13)19(26)28-21)20(27)24-7-6-12-11-25-18-5-3-15(23)9-17(12)18/h2-5,8-9,11,25H,6-7,10H2,1H3,(H,24,27). The molecular formula is C21H18Cl2N2O3. The number of fused-ring (bicyclic) bond motifs is 2. The first-order valence-corrected chi connectivity index (χ1v) is 9.67. The number of carbonyl (C=O) groups excluding carboxylic acids is 2. The Hall–Kier alpha value is -2.50. The molecule has 1 unspecified atom stereocenters. The van der Waals surface area contributed by atoms with Gasteiger partial charge in [-0.1, -0.05) is 23.2 Å². The molecule has 2 heterocycles. The molecule has 0 spiro atoms. The molecule has 0 fully saturated rings. The fraction of sp³-hybridized carbons (Fsp3) is 0.238. The van der Waals surface area contributed by atoms with E-state index in [9.17, 15) is 9.59 Å². The van der Waals surface area contributed by atoms with E-state index in [-0.39, 0.29) is 12.3 Å². The van der Waals surface area contributed by atoms with Crippen LogP contribution in [0.2, 0.25) is 10.0 Å². The highest BCUT2D eigenvalue weighted by molar-refractivity contribution is 6.31. The van der Waals surface area contributed by atoms with Crippen LogP contribution in [0.5, 0.6) is 0 Å². The van der Waals surface area contributed by atoms with Crippen molar-refractivity contribution < 1.29 is 14.3 Å². The summed E-state index contributed by atoms with van der Waals surface area (Å²) in [6.07, 6.45) is 2.81. The van der Waals surface area contributed by atoms with Crippen LogP contribution in [0, 0.1) is 0 Å². The van der Waals surface area contributed by atoms with Gasteiger partial charge in [0.15, 0.2) is 5.60 Å². The third-order valence-electron chi connectivity index (χ3n) is 5.02. The van der Waals surface area contributed by atoms with Gasteiger partial charge in [-0.25, -0.2) is 4.79 Å². The van der Waals surface area contributed by atoms with Crippen LogP contribution in [0.25, 0.3) is 10.9 Å². The third kappa shape index (κ3) is 3.48. The molecule has 1 aliphatic heterocycles. The van der Waals surface area contributed by atoms with Crippen molar-refractivity contribution in [1.82, 2.24) is 10.3 Å². The zero-order chi connectivity index (χ0) is 19.9. The molecule has 28 heavy (non-hydrogen) atoms. The number of nitrogens with one attached hydrogen (secondary N) is 2. The first kappa shape index (κ1) is 18.8. The minimum atomic E-state index is -1.27. The zero-order valence-electron chi connectivity index (χ0n) is 15.1. The predicted molar refractivity (Wildman–Crippen MR) is 109 cm³/mol. The van der Waals surface area contributed by atoms with Gasteiger partial charge in [0, 0.05) is 40.1 Å². The van der Waals surface area contributed by atoms with Crippen LogP contribution in [0.1, 0.15) is 28.4 Å². The van der Waals surface area contributed by atoms with Gasteiger partial charge in [-0.2, -0.15) is 0 Å². The minimum absolute atomic E-state index is 0.281. The molecule has 0 bridgehead atoms. The first-order chi connectivity index (χ1) is 13.4. The Morgan fingerprint density at radius 3 is 2.79 bits per heavy atom. The Kier molecular flexibility index (Phi) is 4.81. The molecule has 5 nitrogen and oxygen atoms in total. The molecule has 1 aliphatic rings. The highest BCUT2D eigenvalue weighted by Gasteiger charge is 2.42. The quantitative estimate of drug-likeness (QED) is 0.622. The summed E-state index contributed by atoms with van der Waals surface area (Å²) in [4.78, 5) is 28.2. The molecule has 1 atom stereocenters. The molecule has 7 heteroatoms. The number of hydrogen-bond acceptors (Lipinski definition) is 3. The summed E-state index contributed by atoms with van der Waals surface area (Å²) < 4.78 is 5.46. The Labute approximate surface area is 172 Å². The van der Waals surface area contributed by atoms with Crippen molar-refractivity contribution in [3.8, 4) is 0 Å². The summed E-state index contributed by atoms with van der Waals surface area (Å²) in [7, 11) is 0. The van der Waals surface area contributed by atoms with Gasteiger partial charge in [0.05, 0.1) is 5.56 Å². The van der Waals surface area contributed by atoms with E-state index < -0.39 is 11.6 Å². The van der Waals surface area contributed by atoms with E-state index in [0.717, 1.165) is 16.5 Å². The number of H-pyrrole nitrogens is 1. The number of aromatic nitrogens is 1. The molecule has 0 aliphatic carbocycles. The molecule has 0 saturated heterocycles. The van der Waals surface area contributed by atoms with Crippen molar-refractivity contribution in [3.05, 3.63) is 69.3 Å². The van der Waals surface area contributed by atoms with E-state index in [1.807, 2.05) is 24.4 Å². The minimum Gasteiger partial charge on any atom is -0.445 e. The molecular weight excluding hydrogens is 399 g/mol. The van der Waals surface area contributed by atoms with Gasteiger partial charge in [-0.3, -0.25) is 4.79 Å². The number of esters is 1. The van der Waals surface area contributed by atoms with Gasteiger partial charge in [-0.05, 0) is 60.9 Å². The second kappa shape index (κ2) is 7.15. The van der Waals surface area contributed by atoms with Crippen molar-refractivity contribution in [2.75, 3.05) is 6.54 Å². The lowest BCUT2D eigenvalue weighted by Crippen LogP contribution is -2.52.